The number of pyridine rings is 1. The van der Waals surface area contributed by atoms with Gasteiger partial charge in [0.2, 0.25) is 0 Å². The van der Waals surface area contributed by atoms with Crippen molar-refractivity contribution in [2.24, 2.45) is 0 Å². The molecule has 2 rings (SSSR count). The van der Waals surface area contributed by atoms with E-state index < -0.39 is 0 Å². The molecular weight excluding hydrogens is 248 g/mol. The molecule has 0 aliphatic carbocycles. The summed E-state index contributed by atoms with van der Waals surface area (Å²) in [5.74, 6) is 0. The maximum absolute atomic E-state index is 12.1. The monoisotopic (exact) mass is 270 g/mol. The zero-order valence-corrected chi connectivity index (χ0v) is 12.4. The number of aromatic amines is 1. The molecule has 1 heterocycles. The Morgan fingerprint density at radius 1 is 1.15 bits per heavy atom. The Morgan fingerprint density at radius 3 is 2.65 bits per heavy atom. The second kappa shape index (κ2) is 6.53. The Kier molecular flexibility index (Phi) is 4.74. The van der Waals surface area contributed by atoms with Gasteiger partial charge in [-0.2, -0.15) is 0 Å². The Balaban J connectivity index is 2.29. The summed E-state index contributed by atoms with van der Waals surface area (Å²) in [5, 5.41) is 3.25. The number of H-pyrrole nitrogens is 1. The summed E-state index contributed by atoms with van der Waals surface area (Å²) >= 11 is 0. The van der Waals surface area contributed by atoms with Gasteiger partial charge in [-0.3, -0.25) is 4.79 Å². The Hall–Kier alpha value is -1.87. The molecule has 0 atom stereocenters. The Morgan fingerprint density at radius 2 is 1.95 bits per heavy atom. The molecule has 0 amide bonds. The molecule has 0 unspecified atom stereocenters. The first-order chi connectivity index (χ1) is 9.61. The van der Waals surface area contributed by atoms with Crippen molar-refractivity contribution in [3.05, 3.63) is 57.4 Å². The van der Waals surface area contributed by atoms with Crippen LogP contribution in [0.4, 0.5) is 0 Å². The second-order valence-corrected chi connectivity index (χ2v) is 5.22. The summed E-state index contributed by atoms with van der Waals surface area (Å²) in [6.45, 7) is 7.78. The summed E-state index contributed by atoms with van der Waals surface area (Å²) < 4.78 is 0. The van der Waals surface area contributed by atoms with Crippen molar-refractivity contribution in [2.45, 2.75) is 33.7 Å². The highest BCUT2D eigenvalue weighted by atomic mass is 16.1. The van der Waals surface area contributed by atoms with Crippen molar-refractivity contribution in [1.82, 2.24) is 10.3 Å². The first kappa shape index (κ1) is 14.5. The van der Waals surface area contributed by atoms with Gasteiger partial charge in [-0.1, -0.05) is 30.7 Å². The fraction of sp³-hybridized carbons (Fsp3) is 0.353. The Bertz CT molecular complexity index is 644. The molecule has 106 valence electrons. The fourth-order valence-electron chi connectivity index (χ4n) is 2.23. The number of nitrogens with one attached hydrogen (secondary N) is 2. The maximum Gasteiger partial charge on any atom is 0.252 e. The lowest BCUT2D eigenvalue weighted by Crippen LogP contribution is -2.21. The molecule has 3 heteroatoms. The zero-order chi connectivity index (χ0) is 14.5. The van der Waals surface area contributed by atoms with E-state index in [0.29, 0.717) is 6.54 Å². The second-order valence-electron chi connectivity index (χ2n) is 5.22. The van der Waals surface area contributed by atoms with E-state index in [2.05, 4.69) is 49.3 Å². The fourth-order valence-corrected chi connectivity index (χ4v) is 2.23. The lowest BCUT2D eigenvalue weighted by molar-refractivity contribution is 0.671. The molecule has 0 fully saturated rings. The van der Waals surface area contributed by atoms with E-state index in [1.54, 1.807) is 0 Å². The van der Waals surface area contributed by atoms with Crippen molar-refractivity contribution in [3.63, 3.8) is 0 Å². The minimum absolute atomic E-state index is 0.00740. The maximum atomic E-state index is 12.1. The largest absolute Gasteiger partial charge is 0.322 e. The third kappa shape index (κ3) is 3.36. The van der Waals surface area contributed by atoms with Crippen LogP contribution in [0.15, 0.2) is 35.1 Å². The van der Waals surface area contributed by atoms with Crippen LogP contribution < -0.4 is 10.9 Å². The minimum atomic E-state index is -0.00740. The van der Waals surface area contributed by atoms with Gasteiger partial charge in [0.1, 0.15) is 0 Å². The molecule has 0 radical (unpaired) electrons. The van der Waals surface area contributed by atoms with E-state index in [1.165, 1.54) is 11.1 Å². The van der Waals surface area contributed by atoms with Gasteiger partial charge in [-0.25, -0.2) is 0 Å². The Labute approximate surface area is 120 Å². The average Bonchev–Trinajstić information content (AvgIpc) is 2.43. The van der Waals surface area contributed by atoms with Gasteiger partial charge in [0.05, 0.1) is 0 Å². The molecule has 1 aromatic carbocycles. The zero-order valence-electron chi connectivity index (χ0n) is 12.4. The van der Waals surface area contributed by atoms with Gasteiger partial charge < -0.3 is 10.3 Å². The van der Waals surface area contributed by atoms with Crippen LogP contribution in [-0.2, 0) is 6.54 Å². The van der Waals surface area contributed by atoms with Crippen molar-refractivity contribution in [3.8, 4) is 11.3 Å². The summed E-state index contributed by atoms with van der Waals surface area (Å²) in [5.41, 5.74) is 5.12. The van der Waals surface area contributed by atoms with Gasteiger partial charge in [-0.15, -0.1) is 0 Å². The molecule has 1 aromatic heterocycles. The van der Waals surface area contributed by atoms with Crippen molar-refractivity contribution in [2.75, 3.05) is 6.54 Å². The molecule has 0 bridgehead atoms. The van der Waals surface area contributed by atoms with Crippen molar-refractivity contribution >= 4 is 0 Å². The van der Waals surface area contributed by atoms with Crippen LogP contribution in [0.1, 0.15) is 30.0 Å². The highest BCUT2D eigenvalue weighted by Gasteiger charge is 2.05. The summed E-state index contributed by atoms with van der Waals surface area (Å²) in [6, 6.07) is 10.2. The topological polar surface area (TPSA) is 44.9 Å². The van der Waals surface area contributed by atoms with E-state index in [1.807, 2.05) is 12.1 Å². The highest BCUT2D eigenvalue weighted by Crippen LogP contribution is 2.21. The predicted molar refractivity (Wildman–Crippen MR) is 84.0 cm³/mol. The molecular formula is C17H22N2O. The van der Waals surface area contributed by atoms with E-state index in [-0.39, 0.29) is 5.56 Å². The third-order valence-corrected chi connectivity index (χ3v) is 3.42. The number of benzene rings is 1. The van der Waals surface area contributed by atoms with Gasteiger partial charge in [-0.05, 0) is 44.5 Å². The quantitative estimate of drug-likeness (QED) is 0.820. The molecule has 0 aliphatic rings. The van der Waals surface area contributed by atoms with Crippen LogP contribution in [0.25, 0.3) is 11.3 Å². The van der Waals surface area contributed by atoms with E-state index in [0.717, 1.165) is 29.8 Å². The van der Waals surface area contributed by atoms with Gasteiger partial charge in [0.25, 0.3) is 5.56 Å². The number of hydrogen-bond acceptors (Lipinski definition) is 2. The van der Waals surface area contributed by atoms with Gasteiger partial charge >= 0.3 is 0 Å². The average molecular weight is 270 g/mol. The molecule has 2 aromatic rings. The first-order valence-electron chi connectivity index (χ1n) is 7.12. The van der Waals surface area contributed by atoms with E-state index in [4.69, 9.17) is 0 Å². The van der Waals surface area contributed by atoms with Crippen molar-refractivity contribution in [1.29, 1.82) is 0 Å². The van der Waals surface area contributed by atoms with Crippen LogP contribution >= 0.6 is 0 Å². The normalized spacial score (nSPS) is 10.8. The highest BCUT2D eigenvalue weighted by molar-refractivity contribution is 5.64. The third-order valence-electron chi connectivity index (χ3n) is 3.42. The number of hydrogen-bond donors (Lipinski definition) is 2. The van der Waals surface area contributed by atoms with Crippen LogP contribution in [0.5, 0.6) is 0 Å². The molecule has 0 saturated carbocycles. The van der Waals surface area contributed by atoms with Gasteiger partial charge in [0, 0.05) is 23.4 Å². The smallest absolute Gasteiger partial charge is 0.252 e. The van der Waals surface area contributed by atoms with E-state index >= 15 is 0 Å². The number of aryl methyl sites for hydroxylation is 2. The lowest BCUT2D eigenvalue weighted by atomic mass is 10.0. The molecule has 20 heavy (non-hydrogen) atoms. The van der Waals surface area contributed by atoms with Crippen LogP contribution in [0.3, 0.4) is 0 Å². The summed E-state index contributed by atoms with van der Waals surface area (Å²) in [7, 11) is 0. The lowest BCUT2D eigenvalue weighted by Gasteiger charge is -2.09. The van der Waals surface area contributed by atoms with E-state index in [9.17, 15) is 4.79 Å². The SMILES string of the molecule is CCCNCc1ccc(-c2cc(C)ccc2C)[nH]c1=O. The number of aromatic nitrogens is 1. The van der Waals surface area contributed by atoms with Gasteiger partial charge in [0.15, 0.2) is 0 Å². The predicted octanol–water partition coefficient (Wildman–Crippen LogP) is 3.16. The van der Waals surface area contributed by atoms with Crippen LogP contribution in [0, 0.1) is 13.8 Å². The van der Waals surface area contributed by atoms with Crippen molar-refractivity contribution < 1.29 is 0 Å². The van der Waals surface area contributed by atoms with Crippen LogP contribution in [0.2, 0.25) is 0 Å². The standard InChI is InChI=1S/C17H22N2O/c1-4-9-18-11-14-7-8-16(19-17(14)20)15-10-12(2)5-6-13(15)3/h5-8,10,18H,4,9,11H2,1-3H3,(H,19,20). The first-order valence-corrected chi connectivity index (χ1v) is 7.12. The molecule has 3 nitrogen and oxygen atoms in total. The summed E-state index contributed by atoms with van der Waals surface area (Å²) in [6.07, 6.45) is 1.07. The molecule has 0 aliphatic heterocycles. The molecule has 0 saturated heterocycles. The van der Waals surface area contributed by atoms with Crippen LogP contribution in [-0.4, -0.2) is 11.5 Å². The number of rotatable bonds is 5. The summed E-state index contributed by atoms with van der Waals surface area (Å²) in [4.78, 5) is 15.1. The minimum Gasteiger partial charge on any atom is -0.322 e. The molecule has 2 N–H and O–H groups in total. The molecule has 0 spiro atoms.